The molecule has 7 heteroatoms. The molecule has 0 aromatic heterocycles. The van der Waals surface area contributed by atoms with Gasteiger partial charge in [-0.05, 0) is 18.7 Å². The van der Waals surface area contributed by atoms with E-state index >= 15 is 0 Å². The number of carbonyl (C=O) groups excluding carboxylic acids is 4. The molecule has 1 fully saturated rings. The number of nitrogens with zero attached hydrogens (tertiary/aromatic N) is 1. The first kappa shape index (κ1) is 25.8. The molecule has 0 N–H and O–H groups in total. The second kappa shape index (κ2) is 12.6. The summed E-state index contributed by atoms with van der Waals surface area (Å²) in [6.45, 7) is 0. The number of hydrogen-bond donors (Lipinski definition) is 0. The van der Waals surface area contributed by atoms with Gasteiger partial charge in [-0.3, -0.25) is 14.4 Å². The number of methoxy groups -OCH3 is 2. The van der Waals surface area contributed by atoms with Crippen molar-refractivity contribution < 1.29 is 28.7 Å². The molecule has 1 aliphatic rings. The van der Waals surface area contributed by atoms with Gasteiger partial charge < -0.3 is 9.47 Å². The molecule has 0 radical (unpaired) electrons. The first-order valence-corrected chi connectivity index (χ1v) is 11.6. The molecule has 2 aromatic rings. The SMILES string of the molecule is COC(=O)C(=C=NC1CCCCC1)C(C(=O)OC)C(C(=O)c1ccccc1)C(=O)c1ccccc1. The lowest BCUT2D eigenvalue weighted by molar-refractivity contribution is -0.148. The maximum atomic E-state index is 13.7. The number of esters is 2. The third kappa shape index (κ3) is 6.40. The average molecular weight is 476 g/mol. The standard InChI is InChI=1S/C28H29NO6/c1-34-27(32)22(18-29-21-16-10-5-11-17-21)23(28(33)35-2)24(25(30)19-12-6-3-7-13-19)26(31)20-14-8-4-9-15-20/h3-4,6-9,12-15,21,23-24H,5,10-11,16-17H2,1-2H3. The lowest BCUT2D eigenvalue weighted by Gasteiger charge is -2.24. The van der Waals surface area contributed by atoms with E-state index in [0.29, 0.717) is 0 Å². The van der Waals surface area contributed by atoms with Crippen molar-refractivity contribution in [2.75, 3.05) is 14.2 Å². The minimum absolute atomic E-state index is 0.0604. The zero-order valence-electron chi connectivity index (χ0n) is 19.9. The van der Waals surface area contributed by atoms with Gasteiger partial charge in [0, 0.05) is 11.1 Å². The lowest BCUT2D eigenvalue weighted by atomic mass is 9.76. The zero-order valence-corrected chi connectivity index (χ0v) is 19.9. The largest absolute Gasteiger partial charge is 0.468 e. The quantitative estimate of drug-likeness (QED) is 0.177. The second-order valence-electron chi connectivity index (χ2n) is 8.38. The Morgan fingerprint density at radius 2 is 1.29 bits per heavy atom. The van der Waals surface area contributed by atoms with E-state index in [4.69, 9.17) is 9.47 Å². The summed E-state index contributed by atoms with van der Waals surface area (Å²) >= 11 is 0. The average Bonchev–Trinajstić information content (AvgIpc) is 2.92. The molecule has 1 atom stereocenters. The molecule has 1 unspecified atom stereocenters. The van der Waals surface area contributed by atoms with E-state index in [0.717, 1.165) is 46.3 Å². The first-order valence-electron chi connectivity index (χ1n) is 11.6. The third-order valence-corrected chi connectivity index (χ3v) is 6.13. The van der Waals surface area contributed by atoms with Gasteiger partial charge in [0.2, 0.25) is 0 Å². The Balaban J connectivity index is 2.19. The predicted molar refractivity (Wildman–Crippen MR) is 130 cm³/mol. The fraction of sp³-hybridized carbons (Fsp3) is 0.357. The highest BCUT2D eigenvalue weighted by Crippen LogP contribution is 2.30. The van der Waals surface area contributed by atoms with Crippen LogP contribution >= 0.6 is 0 Å². The van der Waals surface area contributed by atoms with Gasteiger partial charge in [0.05, 0.1) is 20.3 Å². The molecule has 2 aromatic carbocycles. The zero-order chi connectivity index (χ0) is 25.2. The van der Waals surface area contributed by atoms with Crippen molar-refractivity contribution in [3.8, 4) is 0 Å². The van der Waals surface area contributed by atoms with Gasteiger partial charge in [0.15, 0.2) is 11.6 Å². The molecular weight excluding hydrogens is 446 g/mol. The molecule has 0 aliphatic heterocycles. The maximum absolute atomic E-state index is 13.7. The number of aliphatic imine (C=N–C) groups is 1. The van der Waals surface area contributed by atoms with E-state index < -0.39 is 35.3 Å². The van der Waals surface area contributed by atoms with Crippen LogP contribution < -0.4 is 0 Å². The molecule has 0 amide bonds. The van der Waals surface area contributed by atoms with Crippen LogP contribution in [0.4, 0.5) is 0 Å². The molecule has 1 saturated carbocycles. The van der Waals surface area contributed by atoms with Gasteiger partial charge in [-0.1, -0.05) is 79.9 Å². The van der Waals surface area contributed by atoms with Crippen LogP contribution in [-0.4, -0.2) is 49.6 Å². The van der Waals surface area contributed by atoms with Crippen LogP contribution in [-0.2, 0) is 19.1 Å². The third-order valence-electron chi connectivity index (χ3n) is 6.13. The van der Waals surface area contributed by atoms with Gasteiger partial charge in [-0.25, -0.2) is 9.79 Å². The first-order chi connectivity index (χ1) is 17.0. The molecule has 1 aliphatic carbocycles. The second-order valence-corrected chi connectivity index (χ2v) is 8.38. The monoisotopic (exact) mass is 475 g/mol. The molecule has 0 spiro atoms. The van der Waals surface area contributed by atoms with Gasteiger partial charge in [0.1, 0.15) is 17.4 Å². The van der Waals surface area contributed by atoms with Crippen LogP contribution in [0.3, 0.4) is 0 Å². The van der Waals surface area contributed by atoms with Crippen molar-refractivity contribution in [2.24, 2.45) is 16.8 Å². The van der Waals surface area contributed by atoms with Gasteiger partial charge in [0.25, 0.3) is 0 Å². The lowest BCUT2D eigenvalue weighted by Crippen LogP contribution is -2.40. The fourth-order valence-corrected chi connectivity index (χ4v) is 4.26. The molecule has 182 valence electrons. The summed E-state index contributed by atoms with van der Waals surface area (Å²) in [5.41, 5.74) is 0.150. The van der Waals surface area contributed by atoms with Crippen LogP contribution in [0, 0.1) is 11.8 Å². The number of ketones is 2. The number of ether oxygens (including phenoxy) is 2. The van der Waals surface area contributed by atoms with Crippen LogP contribution in [0.25, 0.3) is 0 Å². The smallest absolute Gasteiger partial charge is 0.344 e. The number of Topliss-reactive ketones (excluding diaryl/α,β-unsaturated/α-hetero) is 2. The predicted octanol–water partition coefficient (Wildman–Crippen LogP) is 4.26. The van der Waals surface area contributed by atoms with Crippen molar-refractivity contribution in [1.29, 1.82) is 0 Å². The molecule has 7 nitrogen and oxygen atoms in total. The van der Waals surface area contributed by atoms with Crippen molar-refractivity contribution in [3.05, 3.63) is 77.4 Å². The fourth-order valence-electron chi connectivity index (χ4n) is 4.26. The Kier molecular flexibility index (Phi) is 9.27. The topological polar surface area (TPSA) is 99.1 Å². The highest BCUT2D eigenvalue weighted by atomic mass is 16.5. The van der Waals surface area contributed by atoms with E-state index in [1.165, 1.54) is 0 Å². The minimum Gasteiger partial charge on any atom is -0.468 e. The van der Waals surface area contributed by atoms with Crippen molar-refractivity contribution in [2.45, 2.75) is 38.1 Å². The van der Waals surface area contributed by atoms with Gasteiger partial charge in [-0.2, -0.15) is 0 Å². The summed E-state index contributed by atoms with van der Waals surface area (Å²) in [5, 5.41) is 0. The van der Waals surface area contributed by atoms with Crippen LogP contribution in [0.5, 0.6) is 0 Å². The van der Waals surface area contributed by atoms with E-state index in [2.05, 4.69) is 10.9 Å². The number of carbonyl (C=O) groups is 4. The normalized spacial score (nSPS) is 14.4. The Bertz CT molecular complexity index is 1060. The highest BCUT2D eigenvalue weighted by molar-refractivity contribution is 6.20. The summed E-state index contributed by atoms with van der Waals surface area (Å²) in [5.74, 6) is -3.49. The Morgan fingerprint density at radius 3 is 1.74 bits per heavy atom. The minimum atomic E-state index is -1.58. The van der Waals surface area contributed by atoms with Crippen molar-refractivity contribution in [3.63, 3.8) is 0 Å². The number of hydrogen-bond acceptors (Lipinski definition) is 7. The van der Waals surface area contributed by atoms with Gasteiger partial charge in [-0.15, -0.1) is 0 Å². The van der Waals surface area contributed by atoms with Crippen molar-refractivity contribution in [1.82, 2.24) is 0 Å². The summed E-state index contributed by atoms with van der Waals surface area (Å²) in [4.78, 5) is 57.8. The van der Waals surface area contributed by atoms with Gasteiger partial charge >= 0.3 is 11.9 Å². The van der Waals surface area contributed by atoms with Crippen LogP contribution in [0.2, 0.25) is 0 Å². The van der Waals surface area contributed by atoms with E-state index in [1.807, 2.05) is 0 Å². The van der Waals surface area contributed by atoms with E-state index in [1.54, 1.807) is 60.7 Å². The summed E-state index contributed by atoms with van der Waals surface area (Å²) < 4.78 is 9.90. The molecule has 35 heavy (non-hydrogen) atoms. The summed E-state index contributed by atoms with van der Waals surface area (Å²) in [7, 11) is 2.30. The highest BCUT2D eigenvalue weighted by Gasteiger charge is 2.45. The van der Waals surface area contributed by atoms with Crippen LogP contribution in [0.15, 0.2) is 71.2 Å². The molecule has 0 heterocycles. The Labute approximate surface area is 204 Å². The van der Waals surface area contributed by atoms with Crippen LogP contribution in [0.1, 0.15) is 52.8 Å². The number of rotatable bonds is 9. The van der Waals surface area contributed by atoms with E-state index in [-0.39, 0.29) is 22.7 Å². The molecular formula is C28H29NO6. The Morgan fingerprint density at radius 1 is 0.771 bits per heavy atom. The maximum Gasteiger partial charge on any atom is 0.344 e. The number of benzene rings is 2. The molecule has 0 bridgehead atoms. The summed E-state index contributed by atoms with van der Waals surface area (Å²) in [6.07, 6.45) is 4.79. The van der Waals surface area contributed by atoms with Crippen molar-refractivity contribution >= 4 is 29.4 Å². The molecule has 3 rings (SSSR count). The Hall–Kier alpha value is -3.83. The molecule has 0 saturated heterocycles. The summed E-state index contributed by atoms with van der Waals surface area (Å²) in [6, 6.07) is 16.3. The van der Waals surface area contributed by atoms with E-state index in [9.17, 15) is 19.2 Å².